The third kappa shape index (κ3) is 3.91. The van der Waals surface area contributed by atoms with Crippen LogP contribution in [0.15, 0.2) is 45.3 Å². The minimum absolute atomic E-state index is 0.137. The normalized spacial score (nSPS) is 15.0. The van der Waals surface area contributed by atoms with Gasteiger partial charge in [-0.05, 0) is 49.2 Å². The largest absolute Gasteiger partial charge is 0.486 e. The molecule has 1 aromatic carbocycles. The van der Waals surface area contributed by atoms with Crippen molar-refractivity contribution in [3.8, 4) is 5.75 Å². The number of carbonyl (C=O) groups excluding carboxylic acids is 1. The van der Waals surface area contributed by atoms with Gasteiger partial charge in [-0.1, -0.05) is 28.8 Å². The van der Waals surface area contributed by atoms with Crippen molar-refractivity contribution in [2.45, 2.75) is 38.3 Å². The van der Waals surface area contributed by atoms with Gasteiger partial charge in [-0.15, -0.1) is 0 Å². The fraction of sp³-hybridized carbons (Fsp3) is 0.353. The monoisotopic (exact) mass is 363 g/mol. The Morgan fingerprint density at radius 3 is 2.64 bits per heavy atom. The highest BCUT2D eigenvalue weighted by Crippen LogP contribution is 2.20. The molecule has 0 aliphatic heterocycles. The molecular weight excluding hydrogens is 346 g/mol. The van der Waals surface area contributed by atoms with Gasteiger partial charge in [0.2, 0.25) is 0 Å². The molecular formula is C17H18BrNO3. The minimum atomic E-state index is -0.137. The van der Waals surface area contributed by atoms with Crippen LogP contribution in [0.3, 0.4) is 0 Å². The molecule has 2 aromatic rings. The zero-order chi connectivity index (χ0) is 15.4. The molecule has 4 nitrogen and oxygen atoms in total. The summed E-state index contributed by atoms with van der Waals surface area (Å²) in [6.45, 7) is 0.304. The quantitative estimate of drug-likeness (QED) is 0.861. The predicted molar refractivity (Wildman–Crippen MR) is 86.9 cm³/mol. The maximum absolute atomic E-state index is 12.1. The number of carbonyl (C=O) groups is 1. The number of hydrogen-bond acceptors (Lipinski definition) is 3. The molecule has 1 heterocycles. The molecule has 1 fully saturated rings. The van der Waals surface area contributed by atoms with Crippen molar-refractivity contribution in [1.29, 1.82) is 0 Å². The molecule has 0 radical (unpaired) electrons. The second kappa shape index (κ2) is 7.01. The first-order valence-corrected chi connectivity index (χ1v) is 8.28. The van der Waals surface area contributed by atoms with Crippen molar-refractivity contribution in [3.05, 3.63) is 52.4 Å². The summed E-state index contributed by atoms with van der Waals surface area (Å²) in [6, 6.07) is 11.4. The number of rotatable bonds is 5. The van der Waals surface area contributed by atoms with Crippen molar-refractivity contribution in [2.24, 2.45) is 0 Å². The zero-order valence-corrected chi connectivity index (χ0v) is 13.8. The highest BCUT2D eigenvalue weighted by Gasteiger charge is 2.19. The summed E-state index contributed by atoms with van der Waals surface area (Å²) in [7, 11) is 0. The van der Waals surface area contributed by atoms with E-state index in [1.807, 2.05) is 24.3 Å². The predicted octanol–water partition coefficient (Wildman–Crippen LogP) is 4.29. The van der Waals surface area contributed by atoms with E-state index in [0.29, 0.717) is 24.2 Å². The van der Waals surface area contributed by atoms with Crippen LogP contribution in [0.5, 0.6) is 5.75 Å². The highest BCUT2D eigenvalue weighted by atomic mass is 79.9. The van der Waals surface area contributed by atoms with E-state index in [1.54, 1.807) is 12.1 Å². The summed E-state index contributed by atoms with van der Waals surface area (Å²) < 4.78 is 12.2. The number of furan rings is 1. The number of nitrogens with one attached hydrogen (secondary N) is 1. The minimum Gasteiger partial charge on any atom is -0.486 e. The van der Waals surface area contributed by atoms with Crippen molar-refractivity contribution in [1.82, 2.24) is 5.32 Å². The Morgan fingerprint density at radius 2 is 1.91 bits per heavy atom. The fourth-order valence-corrected chi connectivity index (χ4v) is 2.85. The van der Waals surface area contributed by atoms with E-state index in [-0.39, 0.29) is 5.91 Å². The van der Waals surface area contributed by atoms with Gasteiger partial charge in [-0.25, -0.2) is 0 Å². The van der Waals surface area contributed by atoms with Crippen LogP contribution in [0.25, 0.3) is 0 Å². The molecule has 1 aromatic heterocycles. The van der Waals surface area contributed by atoms with Gasteiger partial charge in [0.25, 0.3) is 5.91 Å². The van der Waals surface area contributed by atoms with Crippen LogP contribution in [0, 0.1) is 0 Å². The average molecular weight is 364 g/mol. The highest BCUT2D eigenvalue weighted by molar-refractivity contribution is 9.10. The molecule has 1 N–H and O–H groups in total. The van der Waals surface area contributed by atoms with Gasteiger partial charge in [-0.2, -0.15) is 0 Å². The van der Waals surface area contributed by atoms with E-state index in [2.05, 4.69) is 21.2 Å². The molecule has 1 aliphatic rings. The lowest BCUT2D eigenvalue weighted by molar-refractivity contribution is 0.0905. The third-order valence-electron chi connectivity index (χ3n) is 3.77. The van der Waals surface area contributed by atoms with Gasteiger partial charge < -0.3 is 14.5 Å². The van der Waals surface area contributed by atoms with Crippen LogP contribution in [0.4, 0.5) is 0 Å². The van der Waals surface area contributed by atoms with Crippen LogP contribution < -0.4 is 10.1 Å². The Morgan fingerprint density at radius 1 is 1.18 bits per heavy atom. The van der Waals surface area contributed by atoms with Crippen molar-refractivity contribution in [3.63, 3.8) is 0 Å². The molecule has 5 heteroatoms. The zero-order valence-electron chi connectivity index (χ0n) is 12.2. The first-order chi connectivity index (χ1) is 10.7. The Hall–Kier alpha value is -1.75. The lowest BCUT2D eigenvalue weighted by atomic mass is 10.2. The van der Waals surface area contributed by atoms with Crippen molar-refractivity contribution < 1.29 is 13.9 Å². The van der Waals surface area contributed by atoms with Crippen molar-refractivity contribution >= 4 is 21.8 Å². The second-order valence-electron chi connectivity index (χ2n) is 5.46. The van der Waals surface area contributed by atoms with Crippen LogP contribution in [0.1, 0.15) is 42.0 Å². The Bertz CT molecular complexity index is 630. The number of benzene rings is 1. The molecule has 1 aliphatic carbocycles. The topological polar surface area (TPSA) is 51.5 Å². The Labute approximate surface area is 138 Å². The number of hydrogen-bond donors (Lipinski definition) is 1. The molecule has 3 rings (SSSR count). The fourth-order valence-electron chi connectivity index (χ4n) is 2.59. The summed E-state index contributed by atoms with van der Waals surface area (Å²) in [6.07, 6.45) is 4.50. The molecule has 1 saturated carbocycles. The Balaban J connectivity index is 1.54. The molecule has 22 heavy (non-hydrogen) atoms. The van der Waals surface area contributed by atoms with Gasteiger partial charge >= 0.3 is 0 Å². The van der Waals surface area contributed by atoms with E-state index in [0.717, 1.165) is 23.1 Å². The summed E-state index contributed by atoms with van der Waals surface area (Å²) in [5, 5.41) is 3.01. The number of ether oxygens (including phenoxy) is 1. The SMILES string of the molecule is O=C(NC1CCCC1)c1ccc(COc2ccc(Br)cc2)o1. The first-order valence-electron chi connectivity index (χ1n) is 7.48. The maximum Gasteiger partial charge on any atom is 0.287 e. The first kappa shape index (κ1) is 15.2. The van der Waals surface area contributed by atoms with Gasteiger partial charge in [0.15, 0.2) is 5.76 Å². The van der Waals surface area contributed by atoms with Crippen LogP contribution in [-0.2, 0) is 6.61 Å². The van der Waals surface area contributed by atoms with E-state index in [4.69, 9.17) is 9.15 Å². The smallest absolute Gasteiger partial charge is 0.287 e. The van der Waals surface area contributed by atoms with Crippen LogP contribution in [0.2, 0.25) is 0 Å². The van der Waals surface area contributed by atoms with Gasteiger partial charge in [0.1, 0.15) is 18.1 Å². The third-order valence-corrected chi connectivity index (χ3v) is 4.30. The van der Waals surface area contributed by atoms with Gasteiger partial charge in [0.05, 0.1) is 0 Å². The van der Waals surface area contributed by atoms with E-state index >= 15 is 0 Å². The summed E-state index contributed by atoms with van der Waals surface area (Å²) in [5.74, 6) is 1.61. The number of amides is 1. The van der Waals surface area contributed by atoms with E-state index in [1.165, 1.54) is 12.8 Å². The number of halogens is 1. The van der Waals surface area contributed by atoms with Gasteiger partial charge in [-0.3, -0.25) is 4.79 Å². The van der Waals surface area contributed by atoms with Crippen LogP contribution in [-0.4, -0.2) is 11.9 Å². The van der Waals surface area contributed by atoms with Gasteiger partial charge in [0, 0.05) is 10.5 Å². The summed E-state index contributed by atoms with van der Waals surface area (Å²) >= 11 is 3.38. The molecule has 0 bridgehead atoms. The summed E-state index contributed by atoms with van der Waals surface area (Å²) in [4.78, 5) is 12.1. The van der Waals surface area contributed by atoms with Crippen molar-refractivity contribution in [2.75, 3.05) is 0 Å². The molecule has 0 unspecified atom stereocenters. The molecule has 0 atom stereocenters. The van der Waals surface area contributed by atoms with Crippen LogP contribution >= 0.6 is 15.9 Å². The molecule has 1 amide bonds. The standard InChI is InChI=1S/C17H18BrNO3/c18-12-5-7-14(8-6-12)21-11-15-9-10-16(22-15)17(20)19-13-3-1-2-4-13/h5-10,13H,1-4,11H2,(H,19,20). The maximum atomic E-state index is 12.1. The summed E-state index contributed by atoms with van der Waals surface area (Å²) in [5.41, 5.74) is 0. The average Bonchev–Trinajstić information content (AvgIpc) is 3.18. The lowest BCUT2D eigenvalue weighted by Crippen LogP contribution is -2.32. The Kier molecular flexibility index (Phi) is 4.83. The second-order valence-corrected chi connectivity index (χ2v) is 6.38. The lowest BCUT2D eigenvalue weighted by Gasteiger charge is -2.10. The van der Waals surface area contributed by atoms with E-state index < -0.39 is 0 Å². The van der Waals surface area contributed by atoms with E-state index in [9.17, 15) is 4.79 Å². The molecule has 116 valence electrons. The molecule has 0 spiro atoms. The molecule has 0 saturated heterocycles.